The lowest BCUT2D eigenvalue weighted by atomic mass is 10.3. The van der Waals surface area contributed by atoms with Crippen LogP contribution < -0.4 is 0 Å². The van der Waals surface area contributed by atoms with E-state index in [4.69, 9.17) is 27.9 Å². The van der Waals surface area contributed by atoms with Crippen LogP contribution in [0.25, 0.3) is 11.0 Å². The molecule has 0 N–H and O–H groups in total. The van der Waals surface area contributed by atoms with Crippen molar-refractivity contribution in [3.05, 3.63) is 16.1 Å². The Hall–Kier alpha value is -0.930. The van der Waals surface area contributed by atoms with E-state index in [1.54, 1.807) is 0 Å². The fourth-order valence-electron chi connectivity index (χ4n) is 2.01. The average molecular weight is 338 g/mol. The summed E-state index contributed by atoms with van der Waals surface area (Å²) in [7, 11) is -3.81. The van der Waals surface area contributed by atoms with Crippen molar-refractivity contribution in [2.24, 2.45) is 0 Å². The topological polar surface area (TPSA) is 85.5 Å². The van der Waals surface area contributed by atoms with Gasteiger partial charge in [-0.25, -0.2) is 13.0 Å². The fourth-order valence-corrected chi connectivity index (χ4v) is 4.37. The van der Waals surface area contributed by atoms with E-state index < -0.39 is 10.0 Å². The number of sulfonamides is 1. The molecule has 1 aromatic carbocycles. The maximum absolute atomic E-state index is 12.7. The van der Waals surface area contributed by atoms with E-state index in [0.29, 0.717) is 13.2 Å². The molecule has 0 amide bonds. The zero-order valence-electron chi connectivity index (χ0n) is 10.0. The van der Waals surface area contributed by atoms with Gasteiger partial charge in [0, 0.05) is 13.1 Å². The van der Waals surface area contributed by atoms with E-state index in [2.05, 4.69) is 14.9 Å². The van der Waals surface area contributed by atoms with Gasteiger partial charge in [0.15, 0.2) is 11.0 Å². The van der Waals surface area contributed by atoms with Crippen molar-refractivity contribution < 1.29 is 17.8 Å². The van der Waals surface area contributed by atoms with E-state index in [1.807, 2.05) is 0 Å². The van der Waals surface area contributed by atoms with Gasteiger partial charge in [-0.3, -0.25) is 0 Å². The zero-order chi connectivity index (χ0) is 14.3. The van der Waals surface area contributed by atoms with Crippen LogP contribution >= 0.6 is 23.2 Å². The van der Waals surface area contributed by atoms with Gasteiger partial charge in [-0.2, -0.15) is 4.31 Å². The van der Waals surface area contributed by atoms with Gasteiger partial charge in [-0.15, -0.1) is 0 Å². The quantitative estimate of drug-likeness (QED) is 0.826. The number of morpholine rings is 1. The Morgan fingerprint density at radius 1 is 1.10 bits per heavy atom. The number of hydrogen-bond donors (Lipinski definition) is 0. The number of benzene rings is 1. The second-order valence-corrected chi connectivity index (χ2v) is 6.84. The molecular formula is C10H9Cl2N3O4S. The third-order valence-corrected chi connectivity index (χ3v) is 5.64. The second kappa shape index (κ2) is 5.12. The van der Waals surface area contributed by atoms with Crippen molar-refractivity contribution in [2.45, 2.75) is 4.90 Å². The predicted octanol–water partition coefficient (Wildman–Crippen LogP) is 1.55. The summed E-state index contributed by atoms with van der Waals surface area (Å²) in [6.07, 6.45) is 0. The van der Waals surface area contributed by atoms with E-state index in [0.717, 1.165) is 0 Å². The lowest BCUT2D eigenvalue weighted by molar-refractivity contribution is 0.0730. The van der Waals surface area contributed by atoms with E-state index >= 15 is 0 Å². The van der Waals surface area contributed by atoms with Gasteiger partial charge in [0.05, 0.1) is 23.3 Å². The van der Waals surface area contributed by atoms with Crippen LogP contribution in [0.1, 0.15) is 0 Å². The molecule has 0 unspecified atom stereocenters. The molecule has 0 bridgehead atoms. The molecule has 0 atom stereocenters. The number of rotatable bonds is 2. The Bertz CT molecular complexity index is 755. The smallest absolute Gasteiger partial charge is 0.247 e. The van der Waals surface area contributed by atoms with Crippen LogP contribution in [-0.2, 0) is 14.8 Å². The Balaban J connectivity index is 2.20. The Morgan fingerprint density at radius 3 is 2.45 bits per heavy atom. The number of hydrogen-bond acceptors (Lipinski definition) is 6. The van der Waals surface area contributed by atoms with Crippen LogP contribution in [0.3, 0.4) is 0 Å². The first-order valence-corrected chi connectivity index (χ1v) is 7.89. The summed E-state index contributed by atoms with van der Waals surface area (Å²) in [5.74, 6) is 0. The van der Waals surface area contributed by atoms with Crippen LogP contribution in [0.5, 0.6) is 0 Å². The molecule has 108 valence electrons. The zero-order valence-corrected chi connectivity index (χ0v) is 12.4. The molecule has 0 aliphatic carbocycles. The van der Waals surface area contributed by atoms with E-state index in [9.17, 15) is 8.42 Å². The molecule has 1 aliphatic rings. The maximum atomic E-state index is 12.7. The van der Waals surface area contributed by atoms with Gasteiger partial charge in [-0.05, 0) is 16.4 Å². The van der Waals surface area contributed by atoms with Crippen LogP contribution in [0, 0.1) is 0 Å². The SMILES string of the molecule is O=S(=O)(c1c(Cl)cc(Cl)c2nonc12)N1CCOCC1. The summed E-state index contributed by atoms with van der Waals surface area (Å²) >= 11 is 12.0. The molecule has 1 saturated heterocycles. The van der Waals surface area contributed by atoms with Gasteiger partial charge in [0.2, 0.25) is 10.0 Å². The van der Waals surface area contributed by atoms with Crippen LogP contribution in [0.2, 0.25) is 10.0 Å². The highest BCUT2D eigenvalue weighted by atomic mass is 35.5. The fraction of sp³-hybridized carbons (Fsp3) is 0.400. The van der Waals surface area contributed by atoms with Crippen LogP contribution in [-0.4, -0.2) is 49.3 Å². The summed E-state index contributed by atoms with van der Waals surface area (Å²) in [4.78, 5) is -0.137. The minimum absolute atomic E-state index is 0.00954. The van der Waals surface area contributed by atoms with Gasteiger partial charge in [-0.1, -0.05) is 23.2 Å². The van der Waals surface area contributed by atoms with Crippen molar-refractivity contribution in [3.63, 3.8) is 0 Å². The molecule has 1 fully saturated rings. The molecule has 20 heavy (non-hydrogen) atoms. The lowest BCUT2D eigenvalue weighted by Crippen LogP contribution is -2.40. The molecule has 2 heterocycles. The number of nitrogens with zero attached hydrogens (tertiary/aromatic N) is 3. The summed E-state index contributed by atoms with van der Waals surface area (Å²) in [5, 5.41) is 7.38. The minimum Gasteiger partial charge on any atom is -0.379 e. The summed E-state index contributed by atoms with van der Waals surface area (Å²) in [6.45, 7) is 1.19. The van der Waals surface area contributed by atoms with Crippen molar-refractivity contribution in [1.29, 1.82) is 0 Å². The predicted molar refractivity (Wildman–Crippen MR) is 71.4 cm³/mol. The van der Waals surface area contributed by atoms with E-state index in [1.165, 1.54) is 10.4 Å². The molecular weight excluding hydrogens is 329 g/mol. The van der Waals surface area contributed by atoms with Crippen molar-refractivity contribution in [2.75, 3.05) is 26.3 Å². The Kier molecular flexibility index (Phi) is 3.59. The molecule has 0 radical (unpaired) electrons. The molecule has 2 aromatic rings. The van der Waals surface area contributed by atoms with E-state index in [-0.39, 0.29) is 39.1 Å². The highest BCUT2D eigenvalue weighted by Crippen LogP contribution is 2.35. The van der Waals surface area contributed by atoms with Gasteiger partial charge in [0.25, 0.3) is 0 Å². The highest BCUT2D eigenvalue weighted by molar-refractivity contribution is 7.89. The van der Waals surface area contributed by atoms with Crippen molar-refractivity contribution in [1.82, 2.24) is 14.6 Å². The number of aromatic nitrogens is 2. The maximum Gasteiger partial charge on any atom is 0.247 e. The molecule has 1 aliphatic heterocycles. The second-order valence-electron chi connectivity index (χ2n) is 4.15. The Labute approximate surface area is 124 Å². The normalized spacial score (nSPS) is 17.7. The molecule has 3 rings (SSSR count). The highest BCUT2D eigenvalue weighted by Gasteiger charge is 2.32. The minimum atomic E-state index is -3.81. The molecule has 10 heteroatoms. The van der Waals surface area contributed by atoms with Crippen molar-refractivity contribution in [3.8, 4) is 0 Å². The first-order valence-electron chi connectivity index (χ1n) is 5.70. The number of fused-ring (bicyclic) bond motifs is 1. The number of halogens is 2. The third kappa shape index (κ3) is 2.17. The van der Waals surface area contributed by atoms with Crippen LogP contribution in [0.4, 0.5) is 0 Å². The Morgan fingerprint density at radius 2 is 1.75 bits per heavy atom. The third-order valence-electron chi connectivity index (χ3n) is 2.97. The lowest BCUT2D eigenvalue weighted by Gasteiger charge is -2.26. The molecule has 0 saturated carbocycles. The summed E-state index contributed by atoms with van der Waals surface area (Å²) in [5.41, 5.74) is 0.205. The van der Waals surface area contributed by atoms with Gasteiger partial charge >= 0.3 is 0 Å². The van der Waals surface area contributed by atoms with Crippen LogP contribution in [0.15, 0.2) is 15.6 Å². The molecule has 0 spiro atoms. The summed E-state index contributed by atoms with van der Waals surface area (Å²) < 4.78 is 36.3. The first-order chi connectivity index (χ1) is 9.51. The first kappa shape index (κ1) is 14.0. The van der Waals surface area contributed by atoms with Gasteiger partial charge < -0.3 is 4.74 Å². The number of ether oxygens (including phenoxy) is 1. The molecule has 1 aromatic heterocycles. The average Bonchev–Trinajstić information content (AvgIpc) is 2.89. The standard InChI is InChI=1S/C10H9Cl2N3O4S/c11-6-5-7(12)10(9-8(6)13-19-14-9)20(16,17)15-1-3-18-4-2-15/h5H,1-4H2. The van der Waals surface area contributed by atoms with Crippen molar-refractivity contribution >= 4 is 44.3 Å². The van der Waals surface area contributed by atoms with Gasteiger partial charge in [0.1, 0.15) is 4.90 Å². The monoisotopic (exact) mass is 337 g/mol. The molecule has 7 nitrogen and oxygen atoms in total. The largest absolute Gasteiger partial charge is 0.379 e. The summed E-state index contributed by atoms with van der Waals surface area (Å²) in [6, 6.07) is 1.32.